The molecule has 0 aliphatic heterocycles. The Balaban J connectivity index is 2.08. The molecule has 0 spiro atoms. The molecule has 0 radical (unpaired) electrons. The van der Waals surface area contributed by atoms with Gasteiger partial charge in [0.15, 0.2) is 0 Å². The van der Waals surface area contributed by atoms with Crippen molar-refractivity contribution in [3.05, 3.63) is 47.5 Å². The van der Waals surface area contributed by atoms with Crippen molar-refractivity contribution in [2.24, 2.45) is 5.73 Å². The number of benzene rings is 1. The second-order valence-corrected chi connectivity index (χ2v) is 4.34. The molecule has 1 aromatic carbocycles. The minimum atomic E-state index is 0.607. The van der Waals surface area contributed by atoms with Crippen LogP contribution in [0, 0.1) is 0 Å². The zero-order chi connectivity index (χ0) is 11.7. The van der Waals surface area contributed by atoms with Crippen molar-refractivity contribution >= 4 is 0 Å². The van der Waals surface area contributed by atoms with E-state index in [1.807, 2.05) is 6.20 Å². The van der Waals surface area contributed by atoms with Crippen LogP contribution in [0.5, 0.6) is 0 Å². The molecule has 0 fully saturated rings. The third kappa shape index (κ3) is 1.83. The first-order valence-electron chi connectivity index (χ1n) is 6.01. The van der Waals surface area contributed by atoms with Crippen molar-refractivity contribution < 1.29 is 0 Å². The average Bonchev–Trinajstić information content (AvgIpc) is 2.39. The molecule has 0 atom stereocenters. The highest BCUT2D eigenvalue weighted by atomic mass is 14.9. The van der Waals surface area contributed by atoms with E-state index in [9.17, 15) is 0 Å². The van der Waals surface area contributed by atoms with Crippen molar-refractivity contribution in [3.63, 3.8) is 0 Å². The van der Waals surface area contributed by atoms with Crippen LogP contribution in [0.25, 0.3) is 11.1 Å². The largest absolute Gasteiger partial charge is 0.330 e. The summed E-state index contributed by atoms with van der Waals surface area (Å²) >= 11 is 0. The van der Waals surface area contributed by atoms with E-state index in [4.69, 9.17) is 5.73 Å². The quantitative estimate of drug-likeness (QED) is 0.847. The minimum Gasteiger partial charge on any atom is -0.330 e. The summed E-state index contributed by atoms with van der Waals surface area (Å²) in [7, 11) is 0. The molecule has 0 amide bonds. The predicted molar refractivity (Wildman–Crippen MR) is 67.6 cm³/mol. The molecule has 0 unspecified atom stereocenters. The Morgan fingerprint density at radius 2 is 2.00 bits per heavy atom. The van der Waals surface area contributed by atoms with Gasteiger partial charge in [0, 0.05) is 18.2 Å². The number of hydrogen-bond acceptors (Lipinski definition) is 3. The van der Waals surface area contributed by atoms with Crippen LogP contribution in [0.3, 0.4) is 0 Å². The summed E-state index contributed by atoms with van der Waals surface area (Å²) in [5.74, 6) is 0.866. The molecule has 86 valence electrons. The van der Waals surface area contributed by atoms with Gasteiger partial charge in [0.05, 0.1) is 5.69 Å². The number of aromatic nitrogens is 2. The molecule has 1 aliphatic carbocycles. The Hall–Kier alpha value is -1.74. The van der Waals surface area contributed by atoms with Crippen molar-refractivity contribution in [1.29, 1.82) is 0 Å². The van der Waals surface area contributed by atoms with Gasteiger partial charge in [-0.25, -0.2) is 9.97 Å². The van der Waals surface area contributed by atoms with Crippen LogP contribution in [0.15, 0.2) is 30.5 Å². The number of hydrogen-bond donors (Lipinski definition) is 1. The molecule has 1 aromatic heterocycles. The summed E-state index contributed by atoms with van der Waals surface area (Å²) in [5.41, 5.74) is 10.6. The lowest BCUT2D eigenvalue weighted by Gasteiger charge is -2.18. The highest BCUT2D eigenvalue weighted by molar-refractivity contribution is 5.70. The Kier molecular flexibility index (Phi) is 2.61. The van der Waals surface area contributed by atoms with Gasteiger partial charge in [0.25, 0.3) is 0 Å². The highest BCUT2D eigenvalue weighted by Crippen LogP contribution is 2.31. The van der Waals surface area contributed by atoms with E-state index in [1.165, 1.54) is 22.4 Å². The Labute approximate surface area is 101 Å². The Morgan fingerprint density at radius 3 is 2.88 bits per heavy atom. The molecule has 3 nitrogen and oxygen atoms in total. The van der Waals surface area contributed by atoms with E-state index in [0.29, 0.717) is 6.54 Å². The average molecular weight is 225 g/mol. The van der Waals surface area contributed by atoms with Crippen LogP contribution < -0.4 is 5.73 Å². The predicted octanol–water partition coefficient (Wildman–Crippen LogP) is 1.74. The molecular weight excluding hydrogens is 210 g/mol. The highest BCUT2D eigenvalue weighted by Gasteiger charge is 2.17. The lowest BCUT2D eigenvalue weighted by Crippen LogP contribution is -2.12. The van der Waals surface area contributed by atoms with Gasteiger partial charge >= 0.3 is 0 Å². The fourth-order valence-corrected chi connectivity index (χ4v) is 2.38. The van der Waals surface area contributed by atoms with Crippen molar-refractivity contribution in [3.8, 4) is 11.1 Å². The number of nitrogens with two attached hydrogens (primary N) is 1. The summed E-state index contributed by atoms with van der Waals surface area (Å²) in [4.78, 5) is 9.00. The van der Waals surface area contributed by atoms with Gasteiger partial charge in [-0.15, -0.1) is 0 Å². The summed E-state index contributed by atoms with van der Waals surface area (Å²) in [6, 6.07) is 8.50. The van der Waals surface area contributed by atoms with Gasteiger partial charge in [-0.3, -0.25) is 0 Å². The molecule has 3 heteroatoms. The second kappa shape index (κ2) is 4.26. The third-order valence-corrected chi connectivity index (χ3v) is 3.22. The van der Waals surface area contributed by atoms with Crippen LogP contribution in [-0.4, -0.2) is 16.5 Å². The lowest BCUT2D eigenvalue weighted by molar-refractivity contribution is 0.813. The standard InChI is InChI=1S/C14H15N3/c15-8-7-14-16-9-12-11-4-2-1-3-10(11)5-6-13(12)17-14/h1-4,9H,5-8,15H2. The molecule has 2 aromatic rings. The zero-order valence-electron chi connectivity index (χ0n) is 9.69. The Bertz CT molecular complexity index is 549. The van der Waals surface area contributed by atoms with E-state index in [-0.39, 0.29) is 0 Å². The van der Waals surface area contributed by atoms with Crippen molar-refractivity contribution in [1.82, 2.24) is 9.97 Å². The maximum Gasteiger partial charge on any atom is 0.129 e. The second-order valence-electron chi connectivity index (χ2n) is 4.34. The van der Waals surface area contributed by atoms with Crippen LogP contribution in [-0.2, 0) is 19.3 Å². The molecule has 0 saturated heterocycles. The first kappa shape index (κ1) is 10.4. The van der Waals surface area contributed by atoms with Gasteiger partial charge in [0.2, 0.25) is 0 Å². The number of fused-ring (bicyclic) bond motifs is 3. The minimum absolute atomic E-state index is 0.607. The van der Waals surface area contributed by atoms with Crippen LogP contribution in [0.2, 0.25) is 0 Å². The molecule has 0 bridgehead atoms. The number of rotatable bonds is 2. The van der Waals surface area contributed by atoms with Crippen LogP contribution >= 0.6 is 0 Å². The van der Waals surface area contributed by atoms with Gasteiger partial charge in [-0.2, -0.15) is 0 Å². The van der Waals surface area contributed by atoms with Crippen LogP contribution in [0.1, 0.15) is 17.1 Å². The normalized spacial score (nSPS) is 13.0. The van der Waals surface area contributed by atoms with Gasteiger partial charge in [-0.1, -0.05) is 24.3 Å². The smallest absolute Gasteiger partial charge is 0.129 e. The lowest BCUT2D eigenvalue weighted by atomic mass is 9.89. The molecule has 0 saturated carbocycles. The third-order valence-electron chi connectivity index (χ3n) is 3.22. The number of nitrogens with zero attached hydrogens (tertiary/aromatic N) is 2. The maximum atomic E-state index is 5.53. The van der Waals surface area contributed by atoms with E-state index in [0.717, 1.165) is 25.1 Å². The molecule has 1 aliphatic rings. The molecule has 17 heavy (non-hydrogen) atoms. The Morgan fingerprint density at radius 1 is 1.12 bits per heavy atom. The fraction of sp³-hybridized carbons (Fsp3) is 0.286. The zero-order valence-corrected chi connectivity index (χ0v) is 9.69. The summed E-state index contributed by atoms with van der Waals surface area (Å²) in [6.45, 7) is 0.607. The van der Waals surface area contributed by atoms with Gasteiger partial charge in [-0.05, 0) is 30.5 Å². The van der Waals surface area contributed by atoms with Crippen LogP contribution in [0.4, 0.5) is 0 Å². The van der Waals surface area contributed by atoms with E-state index < -0.39 is 0 Å². The molecular formula is C14H15N3. The van der Waals surface area contributed by atoms with Crippen molar-refractivity contribution in [2.75, 3.05) is 6.54 Å². The van der Waals surface area contributed by atoms with Crippen molar-refractivity contribution in [2.45, 2.75) is 19.3 Å². The van der Waals surface area contributed by atoms with Gasteiger partial charge in [0.1, 0.15) is 5.82 Å². The molecule has 1 heterocycles. The summed E-state index contributed by atoms with van der Waals surface area (Å²) in [5, 5.41) is 0. The SMILES string of the molecule is NCCc1ncc2c(n1)CCc1ccccc1-2. The topological polar surface area (TPSA) is 51.8 Å². The molecule has 2 N–H and O–H groups in total. The fourth-order valence-electron chi connectivity index (χ4n) is 2.38. The van der Waals surface area contributed by atoms with E-state index >= 15 is 0 Å². The monoisotopic (exact) mass is 225 g/mol. The van der Waals surface area contributed by atoms with E-state index in [1.54, 1.807) is 0 Å². The maximum absolute atomic E-state index is 5.53. The van der Waals surface area contributed by atoms with E-state index in [2.05, 4.69) is 34.2 Å². The summed E-state index contributed by atoms with van der Waals surface area (Å²) in [6.07, 6.45) is 4.79. The summed E-state index contributed by atoms with van der Waals surface area (Å²) < 4.78 is 0. The van der Waals surface area contributed by atoms with Gasteiger partial charge < -0.3 is 5.73 Å². The number of aryl methyl sites for hydroxylation is 2. The molecule has 3 rings (SSSR count). The first-order chi connectivity index (χ1) is 8.38. The first-order valence-corrected chi connectivity index (χ1v) is 6.01.